The van der Waals surface area contributed by atoms with Gasteiger partial charge in [0, 0.05) is 5.39 Å². The average molecular weight is 520 g/mol. The van der Waals surface area contributed by atoms with Crippen molar-refractivity contribution in [3.63, 3.8) is 0 Å². The lowest BCUT2D eigenvalue weighted by atomic mass is 10.1. The smallest absolute Gasteiger partial charge is 0.489 e. The van der Waals surface area contributed by atoms with Crippen molar-refractivity contribution >= 4 is 18.1 Å². The van der Waals surface area contributed by atoms with E-state index in [-0.39, 0.29) is 0 Å². The summed E-state index contributed by atoms with van der Waals surface area (Å²) in [6.07, 6.45) is 0. The fraction of sp³-hybridized carbons (Fsp3) is 0. The van der Waals surface area contributed by atoms with Crippen LogP contribution in [0.2, 0.25) is 0 Å². The van der Waals surface area contributed by atoms with Gasteiger partial charge in [0.15, 0.2) is 40.7 Å². The van der Waals surface area contributed by atoms with E-state index in [1.54, 1.807) is 0 Å². The molecule has 0 unspecified atom stereocenters. The van der Waals surface area contributed by atoms with Crippen LogP contribution in [0.25, 0.3) is 10.8 Å². The first-order chi connectivity index (χ1) is 17.0. The third-order valence-corrected chi connectivity index (χ3v) is 4.72. The molecule has 0 aromatic heterocycles. The molecular formula is C22H7BF10O3. The van der Waals surface area contributed by atoms with Gasteiger partial charge in [-0.3, -0.25) is 0 Å². The minimum absolute atomic E-state index is 0.319. The van der Waals surface area contributed by atoms with Crippen molar-refractivity contribution in [3.05, 3.63) is 101 Å². The van der Waals surface area contributed by atoms with E-state index in [2.05, 4.69) is 0 Å². The largest absolute Gasteiger partial charge is 0.864 e. The molecule has 0 amide bonds. The normalized spacial score (nSPS) is 11.1. The number of benzene rings is 4. The van der Waals surface area contributed by atoms with Crippen LogP contribution in [0.4, 0.5) is 43.9 Å². The zero-order valence-electron chi connectivity index (χ0n) is 17.1. The van der Waals surface area contributed by atoms with E-state index in [1.807, 2.05) is 0 Å². The van der Waals surface area contributed by atoms with E-state index in [0.717, 1.165) is 6.07 Å². The molecule has 0 fully saturated rings. The number of halogens is 10. The predicted molar refractivity (Wildman–Crippen MR) is 104 cm³/mol. The van der Waals surface area contributed by atoms with E-state index >= 15 is 0 Å². The van der Waals surface area contributed by atoms with Gasteiger partial charge < -0.3 is 14.0 Å². The monoisotopic (exact) mass is 520 g/mol. The molecule has 0 bridgehead atoms. The molecule has 36 heavy (non-hydrogen) atoms. The summed E-state index contributed by atoms with van der Waals surface area (Å²) in [4.78, 5) is 0. The number of hydrogen-bond donors (Lipinski definition) is 0. The van der Waals surface area contributed by atoms with Crippen molar-refractivity contribution in [2.45, 2.75) is 0 Å². The van der Waals surface area contributed by atoms with E-state index in [1.165, 1.54) is 0 Å². The Labute approximate surface area is 194 Å². The van der Waals surface area contributed by atoms with Gasteiger partial charge in [-0.1, -0.05) is 0 Å². The van der Waals surface area contributed by atoms with Crippen molar-refractivity contribution in [3.8, 4) is 17.2 Å². The summed E-state index contributed by atoms with van der Waals surface area (Å²) in [5.41, 5.74) is 0. The summed E-state index contributed by atoms with van der Waals surface area (Å²) in [7, 11) is -2.48. The molecule has 0 heterocycles. The zero-order chi connectivity index (χ0) is 26.3. The summed E-state index contributed by atoms with van der Waals surface area (Å²) < 4.78 is 153. The minimum Gasteiger partial charge on any atom is -0.489 e. The highest BCUT2D eigenvalue weighted by Crippen LogP contribution is 2.34. The van der Waals surface area contributed by atoms with Gasteiger partial charge in [0.25, 0.3) is 0 Å². The highest BCUT2D eigenvalue weighted by atomic mass is 19.2. The van der Waals surface area contributed by atoms with Gasteiger partial charge in [0.2, 0.25) is 11.6 Å². The first-order valence-corrected chi connectivity index (χ1v) is 9.52. The molecule has 4 rings (SSSR count). The molecule has 186 valence electrons. The fourth-order valence-electron chi connectivity index (χ4n) is 3.03. The quantitative estimate of drug-likeness (QED) is 0.160. The highest BCUT2D eigenvalue weighted by Gasteiger charge is 2.35. The summed E-state index contributed by atoms with van der Waals surface area (Å²) >= 11 is 0. The molecule has 0 N–H and O–H groups in total. The molecule has 0 aliphatic carbocycles. The third-order valence-electron chi connectivity index (χ3n) is 4.72. The van der Waals surface area contributed by atoms with E-state index in [9.17, 15) is 43.9 Å². The summed E-state index contributed by atoms with van der Waals surface area (Å²) in [6.45, 7) is 0. The Kier molecular flexibility index (Phi) is 6.61. The van der Waals surface area contributed by atoms with Gasteiger partial charge in [0.1, 0.15) is 23.1 Å². The minimum atomic E-state index is -2.48. The first kappa shape index (κ1) is 25.0. The van der Waals surface area contributed by atoms with Gasteiger partial charge in [-0.15, -0.1) is 0 Å². The molecule has 0 radical (unpaired) electrons. The Morgan fingerprint density at radius 1 is 0.417 bits per heavy atom. The van der Waals surface area contributed by atoms with Crippen LogP contribution in [0, 0.1) is 58.2 Å². The Bertz CT molecular complexity index is 1440. The van der Waals surface area contributed by atoms with Crippen molar-refractivity contribution < 1.29 is 57.9 Å². The molecule has 0 aliphatic heterocycles. The third kappa shape index (κ3) is 4.45. The molecule has 4 aromatic carbocycles. The molecular weight excluding hydrogens is 513 g/mol. The van der Waals surface area contributed by atoms with Crippen LogP contribution >= 0.6 is 0 Å². The summed E-state index contributed by atoms with van der Waals surface area (Å²) in [5.74, 6) is -21.1. The topological polar surface area (TPSA) is 27.7 Å². The van der Waals surface area contributed by atoms with Crippen molar-refractivity contribution in [1.82, 2.24) is 0 Å². The van der Waals surface area contributed by atoms with Crippen LogP contribution in [0.1, 0.15) is 0 Å². The SMILES string of the molecule is Fc1ccc(OB(Oc2ccc(F)c(F)c2F)Oc2ccc(F)c3c(F)c(F)c(F)cc23)c(F)c1F. The van der Waals surface area contributed by atoms with Crippen molar-refractivity contribution in [1.29, 1.82) is 0 Å². The van der Waals surface area contributed by atoms with Gasteiger partial charge in [-0.05, 0) is 42.5 Å². The molecule has 3 nitrogen and oxygen atoms in total. The second-order valence-corrected chi connectivity index (χ2v) is 6.94. The Balaban J connectivity index is 1.81. The average Bonchev–Trinajstić information content (AvgIpc) is 2.84. The van der Waals surface area contributed by atoms with Crippen LogP contribution in [-0.4, -0.2) is 7.32 Å². The van der Waals surface area contributed by atoms with Crippen molar-refractivity contribution in [2.24, 2.45) is 0 Å². The van der Waals surface area contributed by atoms with Crippen LogP contribution in [0.15, 0.2) is 42.5 Å². The molecule has 0 spiro atoms. The number of rotatable bonds is 6. The molecule has 0 saturated carbocycles. The van der Waals surface area contributed by atoms with Crippen LogP contribution in [-0.2, 0) is 0 Å². The Morgan fingerprint density at radius 3 is 1.36 bits per heavy atom. The molecule has 0 aliphatic rings. The molecule has 14 heteroatoms. The van der Waals surface area contributed by atoms with E-state index in [4.69, 9.17) is 14.0 Å². The lowest BCUT2D eigenvalue weighted by molar-refractivity contribution is 0.287. The zero-order valence-corrected chi connectivity index (χ0v) is 17.1. The van der Waals surface area contributed by atoms with Crippen LogP contribution in [0.5, 0.6) is 17.2 Å². The molecule has 4 aromatic rings. The maximum absolute atomic E-state index is 14.2. The second-order valence-electron chi connectivity index (χ2n) is 6.94. The second kappa shape index (κ2) is 9.51. The predicted octanol–water partition coefficient (Wildman–Crippen LogP) is 6.75. The lowest BCUT2D eigenvalue weighted by Gasteiger charge is -2.19. The van der Waals surface area contributed by atoms with Gasteiger partial charge in [0.05, 0.1) is 5.39 Å². The van der Waals surface area contributed by atoms with Gasteiger partial charge in [-0.2, -0.15) is 8.78 Å². The van der Waals surface area contributed by atoms with Gasteiger partial charge in [-0.25, -0.2) is 35.1 Å². The number of fused-ring (bicyclic) bond motifs is 1. The van der Waals surface area contributed by atoms with Crippen LogP contribution < -0.4 is 14.0 Å². The standard InChI is InChI=1S/C22H7BF10O3/c24-9-1-4-13(8-7-12(27)19(30)22(33)16(8)9)34-23(35-14-5-2-10(25)17(28)20(14)31)36-15-6-3-11(26)18(29)21(15)32/h1-7H. The van der Waals surface area contributed by atoms with Crippen LogP contribution in [0.3, 0.4) is 0 Å². The maximum atomic E-state index is 14.2. The Morgan fingerprint density at radius 2 is 0.833 bits per heavy atom. The van der Waals surface area contributed by atoms with E-state index < -0.39 is 93.5 Å². The summed E-state index contributed by atoms with van der Waals surface area (Å²) in [5, 5.41) is -1.84. The molecule has 0 saturated heterocycles. The van der Waals surface area contributed by atoms with E-state index in [0.29, 0.717) is 36.4 Å². The lowest BCUT2D eigenvalue weighted by Crippen LogP contribution is -2.37. The summed E-state index contributed by atoms with van der Waals surface area (Å²) in [6, 6.07) is 3.54. The Hall–Kier alpha value is -4.10. The maximum Gasteiger partial charge on any atom is 0.864 e. The highest BCUT2D eigenvalue weighted by molar-refractivity contribution is 6.39. The number of hydrogen-bond acceptors (Lipinski definition) is 3. The van der Waals surface area contributed by atoms with Crippen molar-refractivity contribution in [2.75, 3.05) is 0 Å². The molecule has 0 atom stereocenters. The van der Waals surface area contributed by atoms with Gasteiger partial charge >= 0.3 is 7.32 Å². The fourth-order valence-corrected chi connectivity index (χ4v) is 3.03. The first-order valence-electron chi connectivity index (χ1n) is 9.52.